The molecule has 2 amide bonds. The van der Waals surface area contributed by atoms with Crippen LogP contribution in [0.4, 0.5) is 11.4 Å². The molecule has 0 aromatic heterocycles. The predicted molar refractivity (Wildman–Crippen MR) is 127 cm³/mol. The zero-order chi connectivity index (χ0) is 25.3. The van der Waals surface area contributed by atoms with E-state index in [0.29, 0.717) is 0 Å². The first-order chi connectivity index (χ1) is 16.7. The number of benzene rings is 3. The van der Waals surface area contributed by atoms with Crippen molar-refractivity contribution in [3.8, 4) is 0 Å². The van der Waals surface area contributed by atoms with Gasteiger partial charge in [-0.2, -0.15) is 10.1 Å². The van der Waals surface area contributed by atoms with E-state index in [1.54, 1.807) is 54.6 Å². The molecule has 0 bridgehead atoms. The summed E-state index contributed by atoms with van der Waals surface area (Å²) in [5, 5.41) is 12.9. The number of ketones is 2. The Hall–Kier alpha value is -4.79. The monoisotopic (exact) mass is 471 g/mol. The smallest absolute Gasteiger partial charge is 0.336 e. The number of rotatable bonds is 8. The third-order valence-corrected chi connectivity index (χ3v) is 5.55. The van der Waals surface area contributed by atoms with Crippen LogP contribution in [0.3, 0.4) is 0 Å². The Morgan fingerprint density at radius 2 is 1.29 bits per heavy atom. The number of hydrazine groups is 2. The largest absolute Gasteiger partial charge is 0.479 e. The van der Waals surface area contributed by atoms with Crippen LogP contribution in [0.2, 0.25) is 0 Å². The summed E-state index contributed by atoms with van der Waals surface area (Å²) in [7, 11) is 0. The number of Topliss-reactive ketones (excluding diaryl/α,β-unsaturated/α-hetero) is 2. The van der Waals surface area contributed by atoms with Crippen LogP contribution in [0.15, 0.2) is 78.9 Å². The Kier molecular flexibility index (Phi) is 6.16. The number of hydrogen-bond acceptors (Lipinski definition) is 7. The maximum absolute atomic E-state index is 13.5. The highest BCUT2D eigenvalue weighted by molar-refractivity contribution is 6.22. The highest BCUT2D eigenvalue weighted by Crippen LogP contribution is 2.34. The molecule has 4 rings (SSSR count). The lowest BCUT2D eigenvalue weighted by Crippen LogP contribution is -2.63. The second kappa shape index (κ2) is 9.22. The van der Waals surface area contributed by atoms with Crippen LogP contribution in [0.5, 0.6) is 0 Å². The van der Waals surface area contributed by atoms with Crippen LogP contribution in [-0.4, -0.2) is 45.5 Å². The summed E-state index contributed by atoms with van der Waals surface area (Å²) in [4.78, 5) is 64.6. The van der Waals surface area contributed by atoms with Crippen molar-refractivity contribution in [1.29, 1.82) is 0 Å². The fourth-order valence-corrected chi connectivity index (χ4v) is 4.01. The minimum absolute atomic E-state index is 0.0610. The fraction of sp³-hybridized carbons (Fsp3) is 0.115. The first-order valence-corrected chi connectivity index (χ1v) is 10.7. The molecule has 1 heterocycles. The second-order valence-electron chi connectivity index (χ2n) is 7.86. The van der Waals surface area contributed by atoms with Crippen molar-refractivity contribution in [2.75, 3.05) is 10.1 Å². The van der Waals surface area contributed by atoms with Crippen molar-refractivity contribution < 1.29 is 29.1 Å². The number of carbonyl (C=O) groups is 5. The van der Waals surface area contributed by atoms with Gasteiger partial charge in [-0.3, -0.25) is 19.2 Å². The average Bonchev–Trinajstić information content (AvgIpc) is 3.09. The van der Waals surface area contributed by atoms with Crippen molar-refractivity contribution in [3.05, 3.63) is 95.6 Å². The zero-order valence-corrected chi connectivity index (χ0v) is 18.9. The number of hydrogen-bond donors (Lipinski definition) is 1. The van der Waals surface area contributed by atoms with Crippen LogP contribution in [-0.2, 0) is 9.59 Å². The van der Waals surface area contributed by atoms with E-state index in [4.69, 9.17) is 0 Å². The molecule has 0 radical (unpaired) electrons. The van der Waals surface area contributed by atoms with Crippen molar-refractivity contribution in [3.63, 3.8) is 0 Å². The molecular formula is C26H21N3O6. The van der Waals surface area contributed by atoms with Gasteiger partial charge in [0.25, 0.3) is 11.8 Å². The van der Waals surface area contributed by atoms with Gasteiger partial charge in [-0.15, -0.1) is 0 Å². The SMILES string of the molecule is CC(=O)c1ccccc1N(N1C(=O)c2ccccc2C1=O)N(c1ccccc1)[C@@H](C(C)=O)C(=O)O. The molecule has 0 fully saturated rings. The molecule has 9 heteroatoms. The Balaban J connectivity index is 2.05. The molecule has 1 atom stereocenters. The van der Waals surface area contributed by atoms with Gasteiger partial charge in [0.05, 0.1) is 22.5 Å². The van der Waals surface area contributed by atoms with E-state index < -0.39 is 29.6 Å². The van der Waals surface area contributed by atoms with Crippen LogP contribution in [0.1, 0.15) is 44.9 Å². The Bertz CT molecular complexity index is 1300. The van der Waals surface area contributed by atoms with E-state index in [1.165, 1.54) is 31.2 Å². The highest BCUT2D eigenvalue weighted by Gasteiger charge is 2.46. The maximum Gasteiger partial charge on any atom is 0.336 e. The van der Waals surface area contributed by atoms with Crippen LogP contribution < -0.4 is 10.1 Å². The van der Waals surface area contributed by atoms with E-state index >= 15 is 0 Å². The normalized spacial score (nSPS) is 13.3. The number of imide groups is 1. The van der Waals surface area contributed by atoms with Gasteiger partial charge in [0, 0.05) is 5.56 Å². The lowest BCUT2D eigenvalue weighted by Gasteiger charge is -2.44. The summed E-state index contributed by atoms with van der Waals surface area (Å²) >= 11 is 0. The first kappa shape index (κ1) is 23.4. The summed E-state index contributed by atoms with van der Waals surface area (Å²) in [6.07, 6.45) is 0. The van der Waals surface area contributed by atoms with Crippen LogP contribution >= 0.6 is 0 Å². The quantitative estimate of drug-likeness (QED) is 0.230. The van der Waals surface area contributed by atoms with E-state index in [1.807, 2.05) is 0 Å². The summed E-state index contributed by atoms with van der Waals surface area (Å²) in [5.41, 5.74) is 0.629. The molecule has 1 N–H and O–H groups in total. The van der Waals surface area contributed by atoms with Crippen molar-refractivity contribution in [2.24, 2.45) is 0 Å². The van der Waals surface area contributed by atoms with Crippen LogP contribution in [0.25, 0.3) is 0 Å². The average molecular weight is 471 g/mol. The van der Waals surface area contributed by atoms with Gasteiger partial charge in [0.15, 0.2) is 11.6 Å². The summed E-state index contributed by atoms with van der Waals surface area (Å²) in [5.74, 6) is -4.08. The van der Waals surface area contributed by atoms with Gasteiger partial charge in [-0.05, 0) is 50.2 Å². The number of para-hydroxylation sites is 2. The van der Waals surface area contributed by atoms with Crippen molar-refractivity contribution in [1.82, 2.24) is 5.01 Å². The molecule has 0 unspecified atom stereocenters. The number of nitrogens with zero attached hydrogens (tertiary/aromatic N) is 3. The molecule has 0 saturated carbocycles. The van der Waals surface area contributed by atoms with Gasteiger partial charge in [0.1, 0.15) is 0 Å². The third kappa shape index (κ3) is 4.04. The first-order valence-electron chi connectivity index (χ1n) is 10.7. The predicted octanol–water partition coefficient (Wildman–Crippen LogP) is 3.37. The maximum atomic E-state index is 13.5. The topological polar surface area (TPSA) is 115 Å². The van der Waals surface area contributed by atoms with Crippen molar-refractivity contribution in [2.45, 2.75) is 19.9 Å². The van der Waals surface area contributed by atoms with E-state index in [-0.39, 0.29) is 33.8 Å². The van der Waals surface area contributed by atoms with Gasteiger partial charge in [0.2, 0.25) is 6.04 Å². The molecule has 1 aliphatic heterocycles. The van der Waals surface area contributed by atoms with E-state index in [9.17, 15) is 29.1 Å². The molecule has 3 aromatic carbocycles. The molecule has 0 aliphatic carbocycles. The van der Waals surface area contributed by atoms with E-state index in [2.05, 4.69) is 0 Å². The molecule has 1 aliphatic rings. The summed E-state index contributed by atoms with van der Waals surface area (Å²) in [6.45, 7) is 2.41. The molecule has 3 aromatic rings. The molecule has 35 heavy (non-hydrogen) atoms. The molecule has 0 saturated heterocycles. The zero-order valence-electron chi connectivity index (χ0n) is 18.9. The highest BCUT2D eigenvalue weighted by atomic mass is 16.4. The van der Waals surface area contributed by atoms with Gasteiger partial charge < -0.3 is 5.11 Å². The van der Waals surface area contributed by atoms with Gasteiger partial charge >= 0.3 is 5.97 Å². The number of carboxylic acids is 1. The lowest BCUT2D eigenvalue weighted by atomic mass is 10.1. The molecular weight excluding hydrogens is 450 g/mol. The Morgan fingerprint density at radius 3 is 1.80 bits per heavy atom. The Morgan fingerprint density at radius 1 is 0.771 bits per heavy atom. The number of carbonyl (C=O) groups excluding carboxylic acids is 4. The van der Waals surface area contributed by atoms with Crippen molar-refractivity contribution >= 4 is 40.7 Å². The Labute approximate surface area is 200 Å². The standard InChI is InChI=1S/C26H21N3O6/c1-16(30)19-12-8-9-15-22(19)29(28-24(32)20-13-6-7-14-21(20)25(28)33)27(18-10-4-3-5-11-18)23(17(2)31)26(34)35/h3-15,23H,1-2H3,(H,34,35)/t23-/m0/s1. The second-order valence-corrected chi connectivity index (χ2v) is 7.86. The fourth-order valence-electron chi connectivity index (χ4n) is 4.01. The number of carboxylic acid groups (broad SMARTS) is 1. The number of fused-ring (bicyclic) bond motifs is 1. The lowest BCUT2D eigenvalue weighted by molar-refractivity contribution is -0.142. The number of anilines is 2. The molecule has 9 nitrogen and oxygen atoms in total. The van der Waals surface area contributed by atoms with E-state index in [0.717, 1.165) is 22.1 Å². The summed E-state index contributed by atoms with van der Waals surface area (Å²) in [6, 6.07) is 18.5. The van der Waals surface area contributed by atoms with Gasteiger partial charge in [-0.25, -0.2) is 9.80 Å². The summed E-state index contributed by atoms with van der Waals surface area (Å²) < 4.78 is 0. The molecule has 176 valence electrons. The minimum Gasteiger partial charge on any atom is -0.479 e. The molecule has 0 spiro atoms. The number of aliphatic carboxylic acids is 1. The van der Waals surface area contributed by atoms with Gasteiger partial charge in [-0.1, -0.05) is 42.5 Å². The minimum atomic E-state index is -1.82. The van der Waals surface area contributed by atoms with Crippen LogP contribution in [0, 0.1) is 0 Å². The third-order valence-electron chi connectivity index (χ3n) is 5.55. The number of amides is 2.